The maximum Gasteiger partial charge on any atom is -0.00000000000920 e. The summed E-state index contributed by atoms with van der Waals surface area (Å²) < 4.78 is 0. The third-order valence-electron chi connectivity index (χ3n) is 0.569. The Labute approximate surface area is 89.2 Å². The predicted octanol–water partition coefficient (Wildman–Crippen LogP) is 9.21. The van der Waals surface area contributed by atoms with Gasteiger partial charge in [-0.15, -0.1) is 0 Å². The van der Waals surface area contributed by atoms with E-state index in [4.69, 9.17) is 0 Å². The van der Waals surface area contributed by atoms with E-state index in [2.05, 4.69) is 53.6 Å². The third kappa shape index (κ3) is 6.80. The molecule has 11 heavy (non-hydrogen) atoms. The van der Waals surface area contributed by atoms with Gasteiger partial charge in [-0.1, -0.05) is 8.93 Å². The van der Waals surface area contributed by atoms with Crippen molar-refractivity contribution in [1.82, 2.24) is 0 Å². The monoisotopic (exact) mass is 342 g/mol. The molecule has 0 saturated carbocycles. The van der Waals surface area contributed by atoms with Crippen molar-refractivity contribution in [2.45, 2.75) is 0 Å². The van der Waals surface area contributed by atoms with Crippen LogP contribution in [0.4, 0.5) is 0 Å². The average molecular weight is 342 g/mol. The molecular weight excluding hydrogens is 341 g/mol. The largest absolute Gasteiger partial charge is 0.0581 e. The Balaban J connectivity index is 3.90. The molecule has 3 unspecified atom stereocenters. The molecule has 0 aliphatic carbocycles. The molecule has 0 aromatic heterocycles. The maximum absolute atomic E-state index is 4.49. The summed E-state index contributed by atoms with van der Waals surface area (Å²) in [6.45, 7) is -1.65. The second kappa shape index (κ2) is 8.83. The van der Waals surface area contributed by atoms with E-state index in [-0.39, 0.29) is 14.0 Å². The highest BCUT2D eigenvalue weighted by Gasteiger charge is 2.24. The van der Waals surface area contributed by atoms with Crippen molar-refractivity contribution in [3.8, 4) is 0 Å². The van der Waals surface area contributed by atoms with Crippen molar-refractivity contribution in [3.05, 3.63) is 0 Å². The first-order chi connectivity index (χ1) is 5.00. The molecule has 0 spiro atoms. The Kier molecular flexibility index (Phi) is 12.6. The molecule has 0 amide bonds. The van der Waals surface area contributed by atoms with Crippen LogP contribution in [0.5, 0.6) is 0 Å². The van der Waals surface area contributed by atoms with Crippen molar-refractivity contribution < 1.29 is 0 Å². The van der Waals surface area contributed by atoms with Gasteiger partial charge in [0.15, 0.2) is 0 Å². The minimum absolute atomic E-state index is 0.331. The molecule has 0 fully saturated rings. The van der Waals surface area contributed by atoms with Crippen LogP contribution in [0.2, 0.25) is 0 Å². The van der Waals surface area contributed by atoms with Crippen LogP contribution in [0.15, 0.2) is 0 Å². The average Bonchev–Trinajstić information content (AvgIpc) is 2.00. The molecule has 0 bridgehead atoms. The molecular formula is HP11. The molecule has 0 saturated heterocycles. The zero-order valence-corrected chi connectivity index (χ0v) is 14.9. The van der Waals surface area contributed by atoms with Crippen molar-refractivity contribution >= 4 is 89.5 Å². The van der Waals surface area contributed by atoms with E-state index in [9.17, 15) is 0 Å². The highest BCUT2D eigenvalue weighted by atomic mass is 33.2. The van der Waals surface area contributed by atoms with Gasteiger partial charge in [-0.2, -0.15) is 0 Å². The maximum atomic E-state index is 4.49. The molecule has 0 aromatic rings. The third-order valence-corrected chi connectivity index (χ3v) is 46.1. The molecule has 3 atom stereocenters. The molecule has 12 radical (unpaired) electrons. The quantitative estimate of drug-likeness (QED) is 0.447. The van der Waals surface area contributed by atoms with Crippen LogP contribution < -0.4 is 0 Å². The second-order valence-electron chi connectivity index (χ2n) is 1.17. The van der Waals surface area contributed by atoms with Gasteiger partial charge in [0.1, 0.15) is 0 Å². The minimum Gasteiger partial charge on any atom is -0.0581 e. The lowest BCUT2D eigenvalue weighted by atomic mass is 28.7. The summed E-state index contributed by atoms with van der Waals surface area (Å²) in [7, 11) is 26.4. The van der Waals surface area contributed by atoms with Gasteiger partial charge in [-0.25, -0.2) is 0 Å². The van der Waals surface area contributed by atoms with Gasteiger partial charge in [-0.3, -0.25) is 0 Å². The Morgan fingerprint density at radius 3 is 1.64 bits per heavy atom. The Hall–Kier alpha value is 4.73. The highest BCUT2D eigenvalue weighted by Crippen LogP contribution is 3.10. The molecule has 11 heteroatoms. The van der Waals surface area contributed by atoms with Gasteiger partial charge in [0.2, 0.25) is 0 Å². The van der Waals surface area contributed by atoms with E-state index < -0.39 is 14.0 Å². The number of rotatable bonds is 4. The van der Waals surface area contributed by atoms with Gasteiger partial charge in [0.25, 0.3) is 0 Å². The smallest absolute Gasteiger partial charge is 0.00000000000920 e. The van der Waals surface area contributed by atoms with Gasteiger partial charge < -0.3 is 0 Å². The van der Waals surface area contributed by atoms with Crippen LogP contribution in [0.1, 0.15) is 0 Å². The van der Waals surface area contributed by atoms with Crippen LogP contribution in [-0.2, 0) is 0 Å². The number of hydrogen-bond donors (Lipinski definition) is 0. The van der Waals surface area contributed by atoms with E-state index in [0.29, 0.717) is 0 Å². The summed E-state index contributed by atoms with van der Waals surface area (Å²) in [6, 6.07) is 0. The van der Waals surface area contributed by atoms with Gasteiger partial charge in [0.05, 0.1) is 0 Å². The molecule has 0 N–H and O–H groups in total. The lowest BCUT2D eigenvalue weighted by molar-refractivity contribution is 4.69. The highest BCUT2D eigenvalue weighted by molar-refractivity contribution is 9.16. The van der Waals surface area contributed by atoms with Gasteiger partial charge in [0, 0.05) is 0 Å². The lowest BCUT2D eigenvalue weighted by Gasteiger charge is -2.23. The van der Waals surface area contributed by atoms with Crippen molar-refractivity contribution in [1.29, 1.82) is 0 Å². The van der Waals surface area contributed by atoms with Crippen LogP contribution >= 0.6 is 89.5 Å². The van der Waals surface area contributed by atoms with E-state index in [1.165, 1.54) is 0 Å². The molecule has 0 aliphatic heterocycles. The summed E-state index contributed by atoms with van der Waals surface area (Å²) in [4.78, 5) is 0. The van der Waals surface area contributed by atoms with Gasteiger partial charge in [-0.05, 0) is 80.5 Å². The summed E-state index contributed by atoms with van der Waals surface area (Å²) in [5.41, 5.74) is 0. The van der Waals surface area contributed by atoms with E-state index in [1.807, 2.05) is 0 Å². The fourth-order valence-corrected chi connectivity index (χ4v) is 44.5. The lowest BCUT2D eigenvalue weighted by Crippen LogP contribution is -1.37. The first-order valence-electron chi connectivity index (χ1n) is 2.02. The van der Waals surface area contributed by atoms with Crippen LogP contribution in [-0.4, -0.2) is 0 Å². The summed E-state index contributed by atoms with van der Waals surface area (Å²) in [6.07, 6.45) is 0. The van der Waals surface area contributed by atoms with E-state index >= 15 is 0 Å². The zero-order valence-electron chi connectivity index (χ0n) is 4.97. The second-order valence-corrected chi connectivity index (χ2v) is 31.7. The zero-order chi connectivity index (χ0) is 9.02. The Morgan fingerprint density at radius 2 is 1.36 bits per heavy atom. The first kappa shape index (κ1) is 15.7. The van der Waals surface area contributed by atoms with Crippen molar-refractivity contribution in [3.63, 3.8) is 0 Å². The fraction of sp³-hybridized carbons (Fsp3) is 0. The van der Waals surface area contributed by atoms with Gasteiger partial charge >= 0.3 is 0 Å². The summed E-state index contributed by atoms with van der Waals surface area (Å²) in [5, 5.41) is 0. The minimum atomic E-state index is -0.528. The van der Waals surface area contributed by atoms with Crippen molar-refractivity contribution in [2.24, 2.45) is 0 Å². The Bertz CT molecular complexity index is 94.2. The summed E-state index contributed by atoms with van der Waals surface area (Å²) in [5.74, 6) is 0. The number of hydrogen-bond acceptors (Lipinski definition) is 0. The normalized spacial score (nSPS) is 21.0. The SMILES string of the molecule is [P]P([P])P([P])P([P])P([P])[P][PH]. The van der Waals surface area contributed by atoms with E-state index in [0.717, 1.165) is 7.96 Å². The van der Waals surface area contributed by atoms with Crippen LogP contribution in [0, 0.1) is 0 Å². The molecule has 0 heterocycles. The van der Waals surface area contributed by atoms with Crippen LogP contribution in [0.3, 0.4) is 0 Å². The molecule has 0 aromatic carbocycles. The predicted molar refractivity (Wildman–Crippen MR) is 77.5 cm³/mol. The first-order valence-corrected chi connectivity index (χ1v) is 18.2. The Morgan fingerprint density at radius 1 is 0.909 bits per heavy atom. The topological polar surface area (TPSA) is 0 Å². The molecule has 0 rings (SSSR count). The molecule has 0 nitrogen and oxygen atoms in total. The summed E-state index contributed by atoms with van der Waals surface area (Å²) >= 11 is 0. The fourth-order valence-electron chi connectivity index (χ4n) is 0.183. The van der Waals surface area contributed by atoms with Crippen LogP contribution in [0.25, 0.3) is 0 Å². The molecule has 56 valence electrons. The van der Waals surface area contributed by atoms with E-state index in [1.54, 1.807) is 0 Å². The standard InChI is InChI=1S/HP11/c1-7-9(4)11(6)10(5)8(2)3/h1H. The molecule has 0 aliphatic rings. The van der Waals surface area contributed by atoms with Crippen molar-refractivity contribution in [2.75, 3.05) is 0 Å².